The number of rotatable bonds is 1. The second-order valence-electron chi connectivity index (χ2n) is 3.03. The molecule has 0 aliphatic heterocycles. The number of Topliss-reactive ketones (excluding diaryl/α,β-unsaturated/α-hetero) is 1. The predicted octanol–water partition coefficient (Wildman–Crippen LogP) is 1.68. The van der Waals surface area contributed by atoms with Gasteiger partial charge in [0.15, 0.2) is 5.78 Å². The van der Waals surface area contributed by atoms with E-state index >= 15 is 0 Å². The van der Waals surface area contributed by atoms with E-state index in [2.05, 4.69) is 0 Å². The van der Waals surface area contributed by atoms with Gasteiger partial charge in [-0.15, -0.1) is 0 Å². The zero-order valence-electron chi connectivity index (χ0n) is 6.48. The van der Waals surface area contributed by atoms with E-state index in [0.29, 0.717) is 12.0 Å². The zero-order valence-corrected chi connectivity index (χ0v) is 7.23. The largest absolute Gasteiger partial charge is 0.293 e. The van der Waals surface area contributed by atoms with Gasteiger partial charge in [0.2, 0.25) is 5.24 Å². The SMILES string of the molecule is CC1=CCC(C)(C(=O)Cl)C1=O. The van der Waals surface area contributed by atoms with Crippen molar-refractivity contribution in [1.82, 2.24) is 0 Å². The highest BCUT2D eigenvalue weighted by Crippen LogP contribution is 2.35. The molecule has 11 heavy (non-hydrogen) atoms. The molecule has 3 heteroatoms. The van der Waals surface area contributed by atoms with Gasteiger partial charge in [-0.2, -0.15) is 0 Å². The Morgan fingerprint density at radius 2 is 2.27 bits per heavy atom. The van der Waals surface area contributed by atoms with Crippen LogP contribution in [0.3, 0.4) is 0 Å². The first-order valence-corrected chi connectivity index (χ1v) is 3.78. The molecule has 1 aliphatic carbocycles. The van der Waals surface area contributed by atoms with Crippen LogP contribution in [0, 0.1) is 5.41 Å². The third kappa shape index (κ3) is 1.11. The normalized spacial score (nSPS) is 30.5. The Morgan fingerprint density at radius 3 is 2.45 bits per heavy atom. The molecule has 60 valence electrons. The number of halogens is 1. The second-order valence-corrected chi connectivity index (χ2v) is 3.37. The quantitative estimate of drug-likeness (QED) is 0.446. The van der Waals surface area contributed by atoms with E-state index in [9.17, 15) is 9.59 Å². The van der Waals surface area contributed by atoms with Gasteiger partial charge in [0, 0.05) is 0 Å². The highest BCUT2D eigenvalue weighted by Gasteiger charge is 2.42. The first kappa shape index (κ1) is 8.47. The van der Waals surface area contributed by atoms with Gasteiger partial charge in [0.1, 0.15) is 5.41 Å². The van der Waals surface area contributed by atoms with Gasteiger partial charge < -0.3 is 0 Å². The van der Waals surface area contributed by atoms with Crippen LogP contribution in [0.4, 0.5) is 0 Å². The monoisotopic (exact) mass is 172 g/mol. The number of allylic oxidation sites excluding steroid dienone is 2. The Kier molecular flexibility index (Phi) is 1.89. The van der Waals surface area contributed by atoms with Crippen LogP contribution in [-0.2, 0) is 9.59 Å². The Labute approximate surface area is 70.2 Å². The summed E-state index contributed by atoms with van der Waals surface area (Å²) in [7, 11) is 0. The maximum Gasteiger partial charge on any atom is 0.235 e. The van der Waals surface area contributed by atoms with Gasteiger partial charge >= 0.3 is 0 Å². The van der Waals surface area contributed by atoms with Crippen molar-refractivity contribution >= 4 is 22.6 Å². The van der Waals surface area contributed by atoms with E-state index in [-0.39, 0.29) is 5.78 Å². The molecule has 1 rings (SSSR count). The standard InChI is InChI=1S/C8H9ClO2/c1-5-3-4-8(2,6(5)10)7(9)11/h3H,4H2,1-2H3. The molecule has 0 amide bonds. The van der Waals surface area contributed by atoms with E-state index in [1.165, 1.54) is 0 Å². The number of carbonyl (C=O) groups excluding carboxylic acids is 2. The minimum absolute atomic E-state index is 0.141. The molecule has 0 bridgehead atoms. The molecule has 0 saturated carbocycles. The van der Waals surface area contributed by atoms with E-state index in [1.54, 1.807) is 19.9 Å². The van der Waals surface area contributed by atoms with Gasteiger partial charge in [-0.1, -0.05) is 6.08 Å². The maximum absolute atomic E-state index is 11.3. The van der Waals surface area contributed by atoms with Crippen LogP contribution in [0.2, 0.25) is 0 Å². The van der Waals surface area contributed by atoms with Crippen LogP contribution in [0.25, 0.3) is 0 Å². The summed E-state index contributed by atoms with van der Waals surface area (Å²) in [5.74, 6) is -0.141. The summed E-state index contributed by atoms with van der Waals surface area (Å²) in [6.45, 7) is 3.28. The smallest absolute Gasteiger partial charge is 0.235 e. The van der Waals surface area contributed by atoms with Crippen LogP contribution >= 0.6 is 11.6 Å². The Bertz CT molecular complexity index is 255. The first-order valence-electron chi connectivity index (χ1n) is 3.40. The van der Waals surface area contributed by atoms with Crippen molar-refractivity contribution in [1.29, 1.82) is 0 Å². The number of ketones is 1. The molecule has 1 atom stereocenters. The van der Waals surface area contributed by atoms with Gasteiger partial charge in [0.25, 0.3) is 0 Å². The molecule has 0 radical (unpaired) electrons. The van der Waals surface area contributed by atoms with E-state index in [1.807, 2.05) is 0 Å². The molecule has 0 fully saturated rings. The topological polar surface area (TPSA) is 34.1 Å². The van der Waals surface area contributed by atoms with Crippen molar-refractivity contribution in [2.75, 3.05) is 0 Å². The number of hydrogen-bond donors (Lipinski definition) is 0. The number of hydrogen-bond acceptors (Lipinski definition) is 2. The maximum atomic E-state index is 11.3. The van der Waals surface area contributed by atoms with Crippen molar-refractivity contribution in [2.45, 2.75) is 20.3 Å². The fourth-order valence-electron chi connectivity index (χ4n) is 1.15. The lowest BCUT2D eigenvalue weighted by atomic mass is 9.87. The van der Waals surface area contributed by atoms with Gasteiger partial charge in [-0.3, -0.25) is 9.59 Å². The highest BCUT2D eigenvalue weighted by atomic mass is 35.5. The van der Waals surface area contributed by atoms with E-state index in [4.69, 9.17) is 11.6 Å². The van der Waals surface area contributed by atoms with Gasteiger partial charge in [-0.25, -0.2) is 0 Å². The third-order valence-electron chi connectivity index (χ3n) is 2.11. The summed E-state index contributed by atoms with van der Waals surface area (Å²) in [5.41, 5.74) is -0.340. The summed E-state index contributed by atoms with van der Waals surface area (Å²) in [5, 5.41) is -0.560. The highest BCUT2D eigenvalue weighted by molar-refractivity contribution is 6.67. The summed E-state index contributed by atoms with van der Waals surface area (Å²) in [4.78, 5) is 22.1. The van der Waals surface area contributed by atoms with Crippen molar-refractivity contribution in [3.63, 3.8) is 0 Å². The molecule has 0 aromatic rings. The average molecular weight is 173 g/mol. The van der Waals surface area contributed by atoms with Crippen molar-refractivity contribution in [2.24, 2.45) is 5.41 Å². The fraction of sp³-hybridized carbons (Fsp3) is 0.500. The Hall–Kier alpha value is -0.630. The molecule has 0 aromatic heterocycles. The molecule has 2 nitrogen and oxygen atoms in total. The molecular formula is C8H9ClO2. The lowest BCUT2D eigenvalue weighted by molar-refractivity contribution is -0.131. The van der Waals surface area contributed by atoms with Crippen LogP contribution in [0.5, 0.6) is 0 Å². The van der Waals surface area contributed by atoms with Gasteiger partial charge in [0.05, 0.1) is 0 Å². The molecule has 0 spiro atoms. The predicted molar refractivity (Wildman–Crippen MR) is 42.3 cm³/mol. The Morgan fingerprint density at radius 1 is 1.73 bits per heavy atom. The minimum Gasteiger partial charge on any atom is -0.293 e. The van der Waals surface area contributed by atoms with E-state index < -0.39 is 10.7 Å². The molecular weight excluding hydrogens is 164 g/mol. The molecule has 0 aromatic carbocycles. The van der Waals surface area contributed by atoms with Gasteiger partial charge in [-0.05, 0) is 37.4 Å². The van der Waals surface area contributed by atoms with Crippen LogP contribution in [0.1, 0.15) is 20.3 Å². The third-order valence-corrected chi connectivity index (χ3v) is 2.53. The number of carbonyl (C=O) groups is 2. The molecule has 0 heterocycles. The van der Waals surface area contributed by atoms with Crippen LogP contribution < -0.4 is 0 Å². The zero-order chi connectivity index (χ0) is 8.65. The second kappa shape index (κ2) is 2.45. The molecule has 1 aliphatic rings. The Balaban J connectivity index is 2.97. The molecule has 1 unspecified atom stereocenters. The van der Waals surface area contributed by atoms with Crippen molar-refractivity contribution in [3.05, 3.63) is 11.6 Å². The lowest BCUT2D eigenvalue weighted by Crippen LogP contribution is -2.29. The average Bonchev–Trinajstić information content (AvgIpc) is 2.18. The molecule has 0 N–H and O–H groups in total. The lowest BCUT2D eigenvalue weighted by Gasteiger charge is -2.15. The summed E-state index contributed by atoms with van der Waals surface area (Å²) >= 11 is 5.29. The van der Waals surface area contributed by atoms with E-state index in [0.717, 1.165) is 0 Å². The molecule has 0 saturated heterocycles. The minimum atomic E-state index is -0.981. The summed E-state index contributed by atoms with van der Waals surface area (Å²) < 4.78 is 0. The van der Waals surface area contributed by atoms with Crippen LogP contribution in [0.15, 0.2) is 11.6 Å². The van der Waals surface area contributed by atoms with Crippen molar-refractivity contribution in [3.8, 4) is 0 Å². The first-order chi connectivity index (χ1) is 4.98. The van der Waals surface area contributed by atoms with Crippen LogP contribution in [-0.4, -0.2) is 11.0 Å². The summed E-state index contributed by atoms with van der Waals surface area (Å²) in [6.07, 6.45) is 2.20. The van der Waals surface area contributed by atoms with Crippen molar-refractivity contribution < 1.29 is 9.59 Å². The summed E-state index contributed by atoms with van der Waals surface area (Å²) in [6, 6.07) is 0. The fourth-order valence-corrected chi connectivity index (χ4v) is 1.31.